The smallest absolute Gasteiger partial charge is 0.232 e. The SMILES string of the molecule is CS(=O)(=O)N1CCCc2cc(C(O)CN3CCC(c4ccncc4)CC3)ccc21. The molecule has 0 aliphatic carbocycles. The van der Waals surface area contributed by atoms with E-state index in [1.807, 2.05) is 30.6 Å². The lowest BCUT2D eigenvalue weighted by molar-refractivity contribution is 0.0972. The normalized spacial score (nSPS) is 19.7. The predicted molar refractivity (Wildman–Crippen MR) is 115 cm³/mol. The van der Waals surface area contributed by atoms with E-state index in [-0.39, 0.29) is 0 Å². The second-order valence-electron chi connectivity index (χ2n) is 8.20. The number of pyridine rings is 1. The Morgan fingerprint density at radius 2 is 1.86 bits per heavy atom. The molecule has 0 saturated carbocycles. The zero-order valence-electron chi connectivity index (χ0n) is 16.9. The number of aromatic nitrogens is 1. The Balaban J connectivity index is 1.39. The first-order valence-corrected chi connectivity index (χ1v) is 12.2. The van der Waals surface area contributed by atoms with Crippen LogP contribution in [0.25, 0.3) is 0 Å². The number of anilines is 1. The molecule has 7 heteroatoms. The van der Waals surface area contributed by atoms with Crippen molar-refractivity contribution in [3.63, 3.8) is 0 Å². The van der Waals surface area contributed by atoms with E-state index >= 15 is 0 Å². The molecule has 0 spiro atoms. The summed E-state index contributed by atoms with van der Waals surface area (Å²) in [5, 5.41) is 10.8. The Labute approximate surface area is 173 Å². The van der Waals surface area contributed by atoms with E-state index in [9.17, 15) is 13.5 Å². The maximum atomic E-state index is 12.0. The number of hydrogen-bond acceptors (Lipinski definition) is 5. The van der Waals surface area contributed by atoms with Crippen molar-refractivity contribution < 1.29 is 13.5 Å². The minimum Gasteiger partial charge on any atom is -0.387 e. The van der Waals surface area contributed by atoms with E-state index in [4.69, 9.17) is 0 Å². The second-order valence-corrected chi connectivity index (χ2v) is 10.1. The van der Waals surface area contributed by atoms with Crippen molar-refractivity contribution in [3.8, 4) is 0 Å². The molecular formula is C22H29N3O3S. The average molecular weight is 416 g/mol. The van der Waals surface area contributed by atoms with Gasteiger partial charge in [-0.3, -0.25) is 9.29 Å². The van der Waals surface area contributed by atoms with Gasteiger partial charge in [0.15, 0.2) is 0 Å². The van der Waals surface area contributed by atoms with Gasteiger partial charge in [-0.2, -0.15) is 0 Å². The van der Waals surface area contributed by atoms with Crippen LogP contribution in [-0.2, 0) is 16.4 Å². The number of rotatable bonds is 5. The molecule has 4 rings (SSSR count). The number of aliphatic hydroxyl groups excluding tert-OH is 1. The van der Waals surface area contributed by atoms with Crippen molar-refractivity contribution in [2.75, 3.05) is 36.7 Å². The van der Waals surface area contributed by atoms with E-state index < -0.39 is 16.1 Å². The van der Waals surface area contributed by atoms with Gasteiger partial charge in [-0.15, -0.1) is 0 Å². The van der Waals surface area contributed by atoms with Crippen molar-refractivity contribution in [1.29, 1.82) is 0 Å². The zero-order chi connectivity index (χ0) is 20.4. The number of likely N-dealkylation sites (tertiary alicyclic amines) is 1. The highest BCUT2D eigenvalue weighted by molar-refractivity contribution is 7.92. The van der Waals surface area contributed by atoms with Gasteiger partial charge in [0, 0.05) is 25.5 Å². The number of piperidine rings is 1. The molecule has 6 nitrogen and oxygen atoms in total. The quantitative estimate of drug-likeness (QED) is 0.813. The summed E-state index contributed by atoms with van der Waals surface area (Å²) in [5.74, 6) is 0.567. The highest BCUT2D eigenvalue weighted by atomic mass is 32.2. The van der Waals surface area contributed by atoms with Crippen molar-refractivity contribution >= 4 is 15.7 Å². The summed E-state index contributed by atoms with van der Waals surface area (Å²) in [6, 6.07) is 9.91. The Kier molecular flexibility index (Phi) is 5.90. The molecule has 2 aliphatic rings. The summed E-state index contributed by atoms with van der Waals surface area (Å²) in [6.45, 7) is 3.07. The molecule has 0 bridgehead atoms. The molecule has 156 valence electrons. The first-order valence-electron chi connectivity index (χ1n) is 10.3. The van der Waals surface area contributed by atoms with Gasteiger partial charge in [0.25, 0.3) is 0 Å². The number of benzene rings is 1. The van der Waals surface area contributed by atoms with Gasteiger partial charge in [0.05, 0.1) is 18.0 Å². The van der Waals surface area contributed by atoms with Crippen molar-refractivity contribution in [2.24, 2.45) is 0 Å². The molecular weight excluding hydrogens is 386 g/mol. The van der Waals surface area contributed by atoms with Gasteiger partial charge in [0.2, 0.25) is 10.0 Å². The third-order valence-corrected chi connectivity index (χ3v) is 7.34. The average Bonchev–Trinajstić information content (AvgIpc) is 2.73. The maximum absolute atomic E-state index is 12.0. The topological polar surface area (TPSA) is 73.7 Å². The highest BCUT2D eigenvalue weighted by Crippen LogP contribution is 2.32. The number of sulfonamides is 1. The number of aryl methyl sites for hydroxylation is 1. The Hall–Kier alpha value is -1.96. The highest BCUT2D eigenvalue weighted by Gasteiger charge is 2.26. The van der Waals surface area contributed by atoms with E-state index in [1.54, 1.807) is 0 Å². The molecule has 1 N–H and O–H groups in total. The molecule has 1 fully saturated rings. The largest absolute Gasteiger partial charge is 0.387 e. The lowest BCUT2D eigenvalue weighted by Crippen LogP contribution is -2.36. The standard InChI is InChI=1S/C22H29N3O3S/c1-29(27,28)25-12-2-3-19-15-20(4-5-21(19)25)22(26)16-24-13-8-18(9-14-24)17-6-10-23-11-7-17/h4-7,10-11,15,18,22,26H,2-3,8-9,12-14,16H2,1H3. The van der Waals surface area contributed by atoms with Crippen LogP contribution in [-0.4, -0.2) is 55.8 Å². The summed E-state index contributed by atoms with van der Waals surface area (Å²) in [4.78, 5) is 6.42. The Bertz CT molecular complexity index is 941. The van der Waals surface area contributed by atoms with Gasteiger partial charge in [-0.1, -0.05) is 12.1 Å². The molecule has 0 radical (unpaired) electrons. The molecule has 1 atom stereocenters. The fourth-order valence-corrected chi connectivity index (χ4v) is 5.56. The van der Waals surface area contributed by atoms with Crippen molar-refractivity contribution in [1.82, 2.24) is 9.88 Å². The summed E-state index contributed by atoms with van der Waals surface area (Å²) >= 11 is 0. The Morgan fingerprint density at radius 3 is 2.55 bits per heavy atom. The fraction of sp³-hybridized carbons (Fsp3) is 0.500. The van der Waals surface area contributed by atoms with Crippen LogP contribution in [0, 0.1) is 0 Å². The van der Waals surface area contributed by atoms with Crippen LogP contribution in [0.5, 0.6) is 0 Å². The number of aliphatic hydroxyl groups is 1. The molecule has 0 amide bonds. The van der Waals surface area contributed by atoms with Gasteiger partial charge >= 0.3 is 0 Å². The minimum atomic E-state index is -3.26. The van der Waals surface area contributed by atoms with Crippen LogP contribution >= 0.6 is 0 Å². The fourth-order valence-electron chi connectivity index (χ4n) is 4.57. The maximum Gasteiger partial charge on any atom is 0.232 e. The van der Waals surface area contributed by atoms with Crippen LogP contribution in [0.4, 0.5) is 5.69 Å². The molecule has 1 unspecified atom stereocenters. The molecule has 2 aromatic rings. The number of β-amino-alcohol motifs (C(OH)–C–C–N with tert-alkyl or cyclic N) is 1. The van der Waals surface area contributed by atoms with Crippen molar-refractivity contribution in [3.05, 3.63) is 59.4 Å². The van der Waals surface area contributed by atoms with Gasteiger partial charge in [0.1, 0.15) is 0 Å². The van der Waals surface area contributed by atoms with Crippen LogP contribution in [0.15, 0.2) is 42.7 Å². The summed E-state index contributed by atoms with van der Waals surface area (Å²) in [7, 11) is -3.26. The third-order valence-electron chi connectivity index (χ3n) is 6.16. The lowest BCUT2D eigenvalue weighted by atomic mass is 9.90. The Morgan fingerprint density at radius 1 is 1.14 bits per heavy atom. The predicted octanol–water partition coefficient (Wildman–Crippen LogP) is 2.71. The van der Waals surface area contributed by atoms with Gasteiger partial charge in [-0.25, -0.2) is 8.42 Å². The molecule has 2 aliphatic heterocycles. The first kappa shape index (κ1) is 20.3. The van der Waals surface area contributed by atoms with Crippen LogP contribution in [0.1, 0.15) is 48.0 Å². The number of nitrogens with zero attached hydrogens (tertiary/aromatic N) is 3. The van der Waals surface area contributed by atoms with Crippen LogP contribution < -0.4 is 4.31 Å². The van der Waals surface area contributed by atoms with E-state index in [0.717, 1.165) is 55.6 Å². The van der Waals surface area contributed by atoms with Gasteiger partial charge in [-0.05, 0) is 79.6 Å². The molecule has 3 heterocycles. The molecule has 1 aromatic heterocycles. The zero-order valence-corrected chi connectivity index (χ0v) is 17.7. The van der Waals surface area contributed by atoms with Crippen molar-refractivity contribution in [2.45, 2.75) is 37.7 Å². The number of fused-ring (bicyclic) bond motifs is 1. The summed E-state index contributed by atoms with van der Waals surface area (Å²) in [5.41, 5.74) is 3.99. The van der Waals surface area contributed by atoms with Gasteiger partial charge < -0.3 is 10.0 Å². The van der Waals surface area contributed by atoms with Crippen LogP contribution in [0.3, 0.4) is 0 Å². The summed E-state index contributed by atoms with van der Waals surface area (Å²) in [6.07, 6.45) is 8.22. The summed E-state index contributed by atoms with van der Waals surface area (Å²) < 4.78 is 25.5. The van der Waals surface area contributed by atoms with E-state index in [2.05, 4.69) is 22.0 Å². The molecule has 1 aromatic carbocycles. The first-order chi connectivity index (χ1) is 13.9. The lowest BCUT2D eigenvalue weighted by Gasteiger charge is -2.34. The monoisotopic (exact) mass is 415 g/mol. The molecule has 1 saturated heterocycles. The molecule has 29 heavy (non-hydrogen) atoms. The number of hydrogen-bond donors (Lipinski definition) is 1. The minimum absolute atomic E-state index is 0.528. The van der Waals surface area contributed by atoms with Crippen LogP contribution in [0.2, 0.25) is 0 Å². The van der Waals surface area contributed by atoms with E-state index in [1.165, 1.54) is 16.1 Å². The van der Waals surface area contributed by atoms with E-state index in [0.29, 0.717) is 19.0 Å². The second kappa shape index (κ2) is 8.42. The third kappa shape index (κ3) is 4.63.